The van der Waals surface area contributed by atoms with Crippen molar-refractivity contribution in [3.05, 3.63) is 24.0 Å². The topological polar surface area (TPSA) is 17.8 Å². The van der Waals surface area contributed by atoms with Gasteiger partial charge in [0.05, 0.1) is 5.69 Å². The summed E-state index contributed by atoms with van der Waals surface area (Å²) < 4.78 is 2.01. The molecule has 0 saturated heterocycles. The van der Waals surface area contributed by atoms with Crippen LogP contribution in [0.3, 0.4) is 0 Å². The number of hydrogen-bond acceptors (Lipinski definition) is 1. The lowest BCUT2D eigenvalue weighted by molar-refractivity contribution is 0.609. The molecule has 0 saturated carbocycles. The first-order valence-corrected chi connectivity index (χ1v) is 3.15. The summed E-state index contributed by atoms with van der Waals surface area (Å²) in [7, 11) is 0. The maximum Gasteiger partial charge on any atom is 0.0606 e. The van der Waals surface area contributed by atoms with Crippen LogP contribution in [-0.4, -0.2) is 9.78 Å². The number of nitrogens with zero attached hydrogens (tertiary/aromatic N) is 2. The van der Waals surface area contributed by atoms with Crippen molar-refractivity contribution in [3.8, 4) is 0 Å². The summed E-state index contributed by atoms with van der Waals surface area (Å²) in [5.41, 5.74) is 1.22. The summed E-state index contributed by atoms with van der Waals surface area (Å²) in [6.07, 6.45) is 7.24. The van der Waals surface area contributed by atoms with Gasteiger partial charge in [-0.25, -0.2) is 0 Å². The molecule has 0 radical (unpaired) electrons. The summed E-state index contributed by atoms with van der Waals surface area (Å²) in [5.74, 6) is 0. The van der Waals surface area contributed by atoms with E-state index in [9.17, 15) is 0 Å². The largest absolute Gasteiger partial charge is 0.265 e. The quantitative estimate of drug-likeness (QED) is 0.504. The van der Waals surface area contributed by atoms with Crippen molar-refractivity contribution in [1.82, 2.24) is 9.78 Å². The van der Waals surface area contributed by atoms with Crippen LogP contribution in [0, 0.1) is 0 Å². The van der Waals surface area contributed by atoms with Crippen LogP contribution in [0.15, 0.2) is 18.3 Å². The lowest BCUT2D eigenvalue weighted by Gasteiger charge is -2.05. The Hall–Kier alpha value is -1.05. The van der Waals surface area contributed by atoms with Crippen molar-refractivity contribution in [2.24, 2.45) is 0 Å². The lowest BCUT2D eigenvalue weighted by atomic mass is 10.2. The molecule has 0 unspecified atom stereocenters. The summed E-state index contributed by atoms with van der Waals surface area (Å²) >= 11 is 0. The Morgan fingerprint density at radius 2 is 2.56 bits per heavy atom. The van der Waals surface area contributed by atoms with Gasteiger partial charge in [-0.05, 0) is 18.6 Å². The molecule has 9 heavy (non-hydrogen) atoms. The Labute approximate surface area is 53.8 Å². The SMILES string of the molecule is C1=Cc2ccnn2CC1. The molecular formula is C7H8N2. The zero-order chi connectivity index (χ0) is 6.10. The minimum atomic E-state index is 1.04. The number of hydrogen-bond donors (Lipinski definition) is 0. The van der Waals surface area contributed by atoms with Crippen molar-refractivity contribution in [1.29, 1.82) is 0 Å². The van der Waals surface area contributed by atoms with E-state index < -0.39 is 0 Å². The molecule has 0 bridgehead atoms. The van der Waals surface area contributed by atoms with Gasteiger partial charge in [-0.1, -0.05) is 6.08 Å². The van der Waals surface area contributed by atoms with E-state index in [-0.39, 0.29) is 0 Å². The van der Waals surface area contributed by atoms with Crippen LogP contribution in [0.5, 0.6) is 0 Å². The fourth-order valence-corrected chi connectivity index (χ4v) is 1.07. The Morgan fingerprint density at radius 3 is 3.44 bits per heavy atom. The second kappa shape index (κ2) is 1.72. The third kappa shape index (κ3) is 0.669. The van der Waals surface area contributed by atoms with E-state index in [2.05, 4.69) is 17.3 Å². The standard InChI is InChI=1S/C7H8N2/c1-2-6-9-7(3-1)4-5-8-9/h1,3-5H,2,6H2. The van der Waals surface area contributed by atoms with Gasteiger partial charge in [0.15, 0.2) is 0 Å². The highest BCUT2D eigenvalue weighted by Crippen LogP contribution is 2.08. The number of fused-ring (bicyclic) bond motifs is 1. The first-order chi connectivity index (χ1) is 4.47. The summed E-state index contributed by atoms with van der Waals surface area (Å²) in [6, 6.07) is 2.02. The molecule has 0 amide bonds. The fourth-order valence-electron chi connectivity index (χ4n) is 1.07. The lowest BCUT2D eigenvalue weighted by Crippen LogP contribution is -2.03. The van der Waals surface area contributed by atoms with Crippen LogP contribution >= 0.6 is 0 Å². The summed E-state index contributed by atoms with van der Waals surface area (Å²) in [4.78, 5) is 0. The Bertz CT molecular complexity index is 235. The zero-order valence-corrected chi connectivity index (χ0v) is 5.12. The van der Waals surface area contributed by atoms with E-state index in [0.717, 1.165) is 13.0 Å². The van der Waals surface area contributed by atoms with Crippen molar-refractivity contribution in [3.63, 3.8) is 0 Å². The highest BCUT2D eigenvalue weighted by Gasteiger charge is 2.00. The molecule has 0 aromatic carbocycles. The molecule has 1 aliphatic heterocycles. The van der Waals surface area contributed by atoms with Gasteiger partial charge in [-0.3, -0.25) is 4.68 Å². The second-order valence-corrected chi connectivity index (χ2v) is 2.17. The Morgan fingerprint density at radius 1 is 1.56 bits per heavy atom. The van der Waals surface area contributed by atoms with E-state index >= 15 is 0 Å². The first-order valence-electron chi connectivity index (χ1n) is 3.15. The van der Waals surface area contributed by atoms with E-state index in [1.54, 1.807) is 0 Å². The predicted octanol–water partition coefficient (Wildman–Crippen LogP) is 1.30. The minimum absolute atomic E-state index is 1.04. The number of allylic oxidation sites excluding steroid dienone is 1. The van der Waals surface area contributed by atoms with Crippen LogP contribution in [0.1, 0.15) is 12.1 Å². The second-order valence-electron chi connectivity index (χ2n) is 2.17. The van der Waals surface area contributed by atoms with E-state index in [1.165, 1.54) is 5.69 Å². The van der Waals surface area contributed by atoms with Crippen molar-refractivity contribution in [2.45, 2.75) is 13.0 Å². The molecule has 46 valence electrons. The van der Waals surface area contributed by atoms with Gasteiger partial charge in [0.25, 0.3) is 0 Å². The number of aromatic nitrogens is 2. The van der Waals surface area contributed by atoms with Gasteiger partial charge in [-0.2, -0.15) is 5.10 Å². The van der Waals surface area contributed by atoms with E-state index in [0.29, 0.717) is 0 Å². The van der Waals surface area contributed by atoms with Crippen molar-refractivity contribution >= 4 is 6.08 Å². The van der Waals surface area contributed by atoms with Crippen LogP contribution in [0.2, 0.25) is 0 Å². The van der Waals surface area contributed by atoms with Crippen LogP contribution in [0.25, 0.3) is 6.08 Å². The van der Waals surface area contributed by atoms with Gasteiger partial charge in [0.1, 0.15) is 0 Å². The van der Waals surface area contributed by atoms with E-state index in [1.807, 2.05) is 16.9 Å². The Balaban J connectivity index is 2.53. The highest BCUT2D eigenvalue weighted by atomic mass is 15.3. The molecular weight excluding hydrogens is 112 g/mol. The van der Waals surface area contributed by atoms with Crippen LogP contribution < -0.4 is 0 Å². The van der Waals surface area contributed by atoms with Crippen LogP contribution in [0.4, 0.5) is 0 Å². The number of rotatable bonds is 0. The number of aryl methyl sites for hydroxylation is 1. The molecule has 2 rings (SSSR count). The molecule has 1 aliphatic rings. The molecule has 2 heterocycles. The highest BCUT2D eigenvalue weighted by molar-refractivity contribution is 5.45. The maximum absolute atomic E-state index is 4.12. The molecule has 1 aromatic rings. The smallest absolute Gasteiger partial charge is 0.0606 e. The average Bonchev–Trinajstić information content (AvgIpc) is 2.33. The molecule has 2 nitrogen and oxygen atoms in total. The molecule has 0 N–H and O–H groups in total. The average molecular weight is 120 g/mol. The van der Waals surface area contributed by atoms with Crippen molar-refractivity contribution in [2.75, 3.05) is 0 Å². The third-order valence-corrected chi connectivity index (χ3v) is 1.55. The molecule has 2 heteroatoms. The van der Waals surface area contributed by atoms with E-state index in [4.69, 9.17) is 0 Å². The van der Waals surface area contributed by atoms with Gasteiger partial charge in [-0.15, -0.1) is 0 Å². The molecule has 1 aromatic heterocycles. The van der Waals surface area contributed by atoms with Crippen LogP contribution in [-0.2, 0) is 6.54 Å². The Kier molecular flexibility index (Phi) is 0.918. The van der Waals surface area contributed by atoms with Gasteiger partial charge in [0, 0.05) is 12.7 Å². The van der Waals surface area contributed by atoms with Gasteiger partial charge < -0.3 is 0 Å². The maximum atomic E-state index is 4.12. The summed E-state index contributed by atoms with van der Waals surface area (Å²) in [5, 5.41) is 4.12. The zero-order valence-electron chi connectivity index (χ0n) is 5.12. The molecule has 0 spiro atoms. The van der Waals surface area contributed by atoms with Gasteiger partial charge >= 0.3 is 0 Å². The predicted molar refractivity (Wildman–Crippen MR) is 35.9 cm³/mol. The third-order valence-electron chi connectivity index (χ3n) is 1.55. The summed E-state index contributed by atoms with van der Waals surface area (Å²) in [6.45, 7) is 1.04. The van der Waals surface area contributed by atoms with Crippen molar-refractivity contribution < 1.29 is 0 Å². The monoisotopic (exact) mass is 120 g/mol. The first kappa shape index (κ1) is 4.79. The minimum Gasteiger partial charge on any atom is -0.265 e. The normalized spacial score (nSPS) is 15.6. The molecule has 0 aliphatic carbocycles. The van der Waals surface area contributed by atoms with Gasteiger partial charge in [0.2, 0.25) is 0 Å². The molecule has 0 atom stereocenters. The molecule has 0 fully saturated rings. The fraction of sp³-hybridized carbons (Fsp3) is 0.286.